The molecule has 1 rings (SSSR count). The summed E-state index contributed by atoms with van der Waals surface area (Å²) in [5.41, 5.74) is 1.04. The lowest BCUT2D eigenvalue weighted by Gasteiger charge is -2.04. The van der Waals surface area contributed by atoms with Gasteiger partial charge in [0, 0.05) is 32.1 Å². The molecule has 3 N–H and O–H groups in total. The minimum absolute atomic E-state index is 0.152. The second-order valence-corrected chi connectivity index (χ2v) is 3.34. The van der Waals surface area contributed by atoms with Gasteiger partial charge in [-0.3, -0.25) is 0 Å². The Morgan fingerprint density at radius 3 is 3.07 bits per heavy atom. The smallest absolute Gasteiger partial charge is 0.314 e. The summed E-state index contributed by atoms with van der Waals surface area (Å²) in [6.07, 6.45) is 0. The zero-order chi connectivity index (χ0) is 10.2. The molecule has 0 saturated carbocycles. The number of aromatic nitrogens is 1. The molecule has 0 fully saturated rings. The molecule has 1 aromatic rings. The molecule has 1 aromatic heterocycles. The highest BCUT2D eigenvalue weighted by molar-refractivity contribution is 7.03. The summed E-state index contributed by atoms with van der Waals surface area (Å²) < 4.78 is 4.14. The predicted molar refractivity (Wildman–Crippen MR) is 56.3 cm³/mol. The van der Waals surface area contributed by atoms with Gasteiger partial charge in [0.05, 0.1) is 5.69 Å². The normalized spacial score (nSPS) is 9.79. The Bertz CT molecular complexity index is 262. The van der Waals surface area contributed by atoms with Gasteiger partial charge in [0.15, 0.2) is 0 Å². The third-order valence-electron chi connectivity index (χ3n) is 1.61. The number of nitrogens with one attached hydrogen (secondary N) is 3. The molecular formula is C8H14N4OS. The fourth-order valence-corrected chi connectivity index (χ4v) is 1.44. The van der Waals surface area contributed by atoms with Crippen molar-refractivity contribution in [1.29, 1.82) is 0 Å². The van der Waals surface area contributed by atoms with Gasteiger partial charge in [-0.15, -0.1) is 0 Å². The zero-order valence-electron chi connectivity index (χ0n) is 8.04. The van der Waals surface area contributed by atoms with Crippen LogP contribution in [-0.2, 0) is 6.54 Å². The molecule has 0 bridgehead atoms. The standard InChI is InChI=1S/C8H14N4OS/c1-9-8(13)11-4-3-10-6-7-2-5-14-12-7/h2,5,10H,3-4,6H2,1H3,(H2,9,11,13). The van der Waals surface area contributed by atoms with Crippen LogP contribution in [-0.4, -0.2) is 30.5 Å². The topological polar surface area (TPSA) is 66.1 Å². The van der Waals surface area contributed by atoms with Crippen molar-refractivity contribution in [2.45, 2.75) is 6.54 Å². The molecule has 0 saturated heterocycles. The highest BCUT2D eigenvalue weighted by Crippen LogP contribution is 1.97. The van der Waals surface area contributed by atoms with Crippen LogP contribution in [0.4, 0.5) is 4.79 Å². The predicted octanol–water partition coefficient (Wildman–Crippen LogP) is 0.162. The maximum absolute atomic E-state index is 10.7. The average Bonchev–Trinajstić information content (AvgIpc) is 2.69. The Hall–Kier alpha value is -1.14. The van der Waals surface area contributed by atoms with Gasteiger partial charge in [-0.1, -0.05) is 0 Å². The van der Waals surface area contributed by atoms with E-state index in [1.807, 2.05) is 11.4 Å². The average molecular weight is 214 g/mol. The summed E-state index contributed by atoms with van der Waals surface area (Å²) in [6, 6.07) is 1.82. The van der Waals surface area contributed by atoms with E-state index < -0.39 is 0 Å². The fraction of sp³-hybridized carbons (Fsp3) is 0.500. The number of rotatable bonds is 5. The SMILES string of the molecule is CNC(=O)NCCNCc1ccsn1. The van der Waals surface area contributed by atoms with Gasteiger partial charge in [-0.25, -0.2) is 4.79 Å². The number of hydrogen-bond donors (Lipinski definition) is 3. The Balaban J connectivity index is 1.97. The number of carbonyl (C=O) groups is 1. The van der Waals surface area contributed by atoms with Gasteiger partial charge in [0.1, 0.15) is 0 Å². The zero-order valence-corrected chi connectivity index (χ0v) is 8.86. The summed E-state index contributed by atoms with van der Waals surface area (Å²) >= 11 is 1.44. The second kappa shape index (κ2) is 6.33. The first kappa shape index (κ1) is 10.9. The molecule has 0 aliphatic carbocycles. The van der Waals surface area contributed by atoms with Crippen molar-refractivity contribution >= 4 is 17.6 Å². The van der Waals surface area contributed by atoms with Gasteiger partial charge < -0.3 is 16.0 Å². The molecule has 14 heavy (non-hydrogen) atoms. The maximum Gasteiger partial charge on any atom is 0.314 e. The van der Waals surface area contributed by atoms with Crippen molar-refractivity contribution in [1.82, 2.24) is 20.3 Å². The van der Waals surface area contributed by atoms with E-state index in [0.717, 1.165) is 18.8 Å². The highest BCUT2D eigenvalue weighted by atomic mass is 32.1. The molecule has 0 spiro atoms. The molecular weight excluding hydrogens is 200 g/mol. The number of amides is 2. The van der Waals surface area contributed by atoms with E-state index in [1.54, 1.807) is 7.05 Å². The number of urea groups is 1. The van der Waals surface area contributed by atoms with E-state index in [-0.39, 0.29) is 6.03 Å². The molecule has 0 aliphatic heterocycles. The first-order valence-corrected chi connectivity index (χ1v) is 5.22. The molecule has 6 heteroatoms. The van der Waals surface area contributed by atoms with Gasteiger partial charge >= 0.3 is 6.03 Å². The van der Waals surface area contributed by atoms with E-state index in [2.05, 4.69) is 20.3 Å². The molecule has 5 nitrogen and oxygen atoms in total. The summed E-state index contributed by atoms with van der Waals surface area (Å²) in [5, 5.41) is 10.3. The van der Waals surface area contributed by atoms with Crippen molar-refractivity contribution < 1.29 is 4.79 Å². The van der Waals surface area contributed by atoms with Crippen molar-refractivity contribution in [3.8, 4) is 0 Å². The monoisotopic (exact) mass is 214 g/mol. The molecule has 1 heterocycles. The number of nitrogens with zero attached hydrogens (tertiary/aromatic N) is 1. The third-order valence-corrected chi connectivity index (χ3v) is 2.21. The highest BCUT2D eigenvalue weighted by Gasteiger charge is 1.95. The molecule has 0 aromatic carbocycles. The number of hydrogen-bond acceptors (Lipinski definition) is 4. The lowest BCUT2D eigenvalue weighted by molar-refractivity contribution is 0.243. The lowest BCUT2D eigenvalue weighted by atomic mass is 10.4. The van der Waals surface area contributed by atoms with Crippen LogP contribution in [0.1, 0.15) is 5.69 Å². The van der Waals surface area contributed by atoms with Crippen LogP contribution >= 0.6 is 11.5 Å². The Morgan fingerprint density at radius 2 is 2.43 bits per heavy atom. The molecule has 0 atom stereocenters. The van der Waals surface area contributed by atoms with E-state index in [0.29, 0.717) is 6.54 Å². The quantitative estimate of drug-likeness (QED) is 0.612. The summed E-state index contributed by atoms with van der Waals surface area (Å²) in [6.45, 7) is 2.10. The fourth-order valence-electron chi connectivity index (χ4n) is 0.898. The van der Waals surface area contributed by atoms with Gasteiger partial charge in [0.25, 0.3) is 0 Å². The molecule has 0 radical (unpaired) electrons. The Labute approximate surface area is 87.1 Å². The summed E-state index contributed by atoms with van der Waals surface area (Å²) in [4.78, 5) is 10.7. The van der Waals surface area contributed by atoms with Crippen LogP contribution in [0.25, 0.3) is 0 Å². The van der Waals surface area contributed by atoms with Crippen LogP contribution in [0, 0.1) is 0 Å². The molecule has 0 aliphatic rings. The van der Waals surface area contributed by atoms with Crippen molar-refractivity contribution in [3.63, 3.8) is 0 Å². The molecule has 2 amide bonds. The third kappa shape index (κ3) is 4.20. The van der Waals surface area contributed by atoms with Gasteiger partial charge in [-0.05, 0) is 17.6 Å². The van der Waals surface area contributed by atoms with Crippen molar-refractivity contribution in [2.75, 3.05) is 20.1 Å². The summed E-state index contributed by atoms with van der Waals surface area (Å²) in [5.74, 6) is 0. The van der Waals surface area contributed by atoms with Crippen LogP contribution in [0.5, 0.6) is 0 Å². The van der Waals surface area contributed by atoms with Crippen LogP contribution in [0.15, 0.2) is 11.4 Å². The molecule has 78 valence electrons. The first-order chi connectivity index (χ1) is 6.83. The van der Waals surface area contributed by atoms with E-state index in [1.165, 1.54) is 11.5 Å². The maximum atomic E-state index is 10.7. The first-order valence-electron chi connectivity index (χ1n) is 4.38. The van der Waals surface area contributed by atoms with Crippen LogP contribution < -0.4 is 16.0 Å². The number of carbonyl (C=O) groups excluding carboxylic acids is 1. The van der Waals surface area contributed by atoms with Crippen molar-refractivity contribution in [2.24, 2.45) is 0 Å². The van der Waals surface area contributed by atoms with E-state index in [9.17, 15) is 4.79 Å². The van der Waals surface area contributed by atoms with Crippen molar-refractivity contribution in [3.05, 3.63) is 17.1 Å². The minimum atomic E-state index is -0.152. The summed E-state index contributed by atoms with van der Waals surface area (Å²) in [7, 11) is 1.60. The van der Waals surface area contributed by atoms with E-state index in [4.69, 9.17) is 0 Å². The minimum Gasteiger partial charge on any atom is -0.341 e. The Morgan fingerprint density at radius 1 is 1.57 bits per heavy atom. The van der Waals surface area contributed by atoms with Crippen LogP contribution in [0.2, 0.25) is 0 Å². The molecule has 0 unspecified atom stereocenters. The Kier molecular flexibility index (Phi) is 4.95. The van der Waals surface area contributed by atoms with Gasteiger partial charge in [0.2, 0.25) is 0 Å². The second-order valence-electron chi connectivity index (χ2n) is 2.67. The van der Waals surface area contributed by atoms with Crippen LogP contribution in [0.3, 0.4) is 0 Å². The van der Waals surface area contributed by atoms with Gasteiger partial charge in [-0.2, -0.15) is 4.37 Å². The van der Waals surface area contributed by atoms with E-state index >= 15 is 0 Å². The largest absolute Gasteiger partial charge is 0.341 e. The lowest BCUT2D eigenvalue weighted by Crippen LogP contribution is -2.37.